The van der Waals surface area contributed by atoms with E-state index in [-0.39, 0.29) is 0 Å². The SMILES string of the molecule is C=CNC(=NC)c1ccccc1. The van der Waals surface area contributed by atoms with Gasteiger partial charge in [-0.15, -0.1) is 0 Å². The van der Waals surface area contributed by atoms with Crippen molar-refractivity contribution >= 4 is 5.84 Å². The minimum atomic E-state index is 0.839. The molecule has 0 aromatic heterocycles. The van der Waals surface area contributed by atoms with Crippen molar-refractivity contribution in [3.8, 4) is 0 Å². The number of hydrogen-bond donors (Lipinski definition) is 1. The van der Waals surface area contributed by atoms with Crippen LogP contribution in [0.2, 0.25) is 0 Å². The van der Waals surface area contributed by atoms with E-state index in [0.717, 1.165) is 11.4 Å². The number of nitrogens with zero attached hydrogens (tertiary/aromatic N) is 1. The Hall–Kier alpha value is -1.57. The molecule has 62 valence electrons. The third-order valence-electron chi connectivity index (χ3n) is 1.51. The quantitative estimate of drug-likeness (QED) is 0.517. The molecule has 1 N–H and O–H groups in total. The number of hydrogen-bond acceptors (Lipinski definition) is 1. The van der Waals surface area contributed by atoms with Crippen LogP contribution in [0.5, 0.6) is 0 Å². The maximum atomic E-state index is 4.08. The van der Waals surface area contributed by atoms with Crippen LogP contribution in [0, 0.1) is 0 Å². The summed E-state index contributed by atoms with van der Waals surface area (Å²) in [4.78, 5) is 4.08. The van der Waals surface area contributed by atoms with Crippen molar-refractivity contribution in [1.82, 2.24) is 5.32 Å². The van der Waals surface area contributed by atoms with Crippen LogP contribution in [0.25, 0.3) is 0 Å². The van der Waals surface area contributed by atoms with E-state index in [9.17, 15) is 0 Å². The Morgan fingerprint density at radius 2 is 2.08 bits per heavy atom. The van der Waals surface area contributed by atoms with Crippen molar-refractivity contribution < 1.29 is 0 Å². The summed E-state index contributed by atoms with van der Waals surface area (Å²) in [5.74, 6) is 0.839. The molecule has 0 heterocycles. The predicted molar refractivity (Wildman–Crippen MR) is 52.2 cm³/mol. The molecule has 1 aromatic rings. The lowest BCUT2D eigenvalue weighted by Gasteiger charge is -2.03. The van der Waals surface area contributed by atoms with Gasteiger partial charge in [0.2, 0.25) is 0 Å². The van der Waals surface area contributed by atoms with E-state index in [1.54, 1.807) is 13.2 Å². The molecule has 1 aromatic carbocycles. The topological polar surface area (TPSA) is 24.4 Å². The summed E-state index contributed by atoms with van der Waals surface area (Å²) < 4.78 is 0. The van der Waals surface area contributed by atoms with Crippen LogP contribution >= 0.6 is 0 Å². The molecule has 0 bridgehead atoms. The van der Waals surface area contributed by atoms with E-state index in [4.69, 9.17) is 0 Å². The minimum Gasteiger partial charge on any atom is -0.347 e. The van der Waals surface area contributed by atoms with Crippen LogP contribution in [0.4, 0.5) is 0 Å². The molecule has 1 rings (SSSR count). The molecule has 0 atom stereocenters. The van der Waals surface area contributed by atoms with Gasteiger partial charge in [0.15, 0.2) is 0 Å². The van der Waals surface area contributed by atoms with E-state index in [1.165, 1.54) is 0 Å². The zero-order valence-corrected chi connectivity index (χ0v) is 7.12. The van der Waals surface area contributed by atoms with Crippen LogP contribution < -0.4 is 5.32 Å². The second-order valence-electron chi connectivity index (χ2n) is 2.29. The molecule has 0 radical (unpaired) electrons. The van der Waals surface area contributed by atoms with E-state index >= 15 is 0 Å². The Morgan fingerprint density at radius 3 is 2.58 bits per heavy atom. The first-order chi connectivity index (χ1) is 5.88. The Morgan fingerprint density at radius 1 is 1.42 bits per heavy atom. The smallest absolute Gasteiger partial charge is 0.131 e. The molecule has 2 heteroatoms. The Bertz CT molecular complexity index is 275. The molecular weight excluding hydrogens is 148 g/mol. The molecular formula is C10H12N2. The monoisotopic (exact) mass is 160 g/mol. The maximum Gasteiger partial charge on any atom is 0.131 e. The first-order valence-electron chi connectivity index (χ1n) is 3.78. The van der Waals surface area contributed by atoms with Crippen molar-refractivity contribution in [2.24, 2.45) is 4.99 Å². The van der Waals surface area contributed by atoms with Gasteiger partial charge >= 0.3 is 0 Å². The highest BCUT2D eigenvalue weighted by molar-refractivity contribution is 5.99. The van der Waals surface area contributed by atoms with Gasteiger partial charge in [0.05, 0.1) is 0 Å². The highest BCUT2D eigenvalue weighted by Crippen LogP contribution is 1.98. The van der Waals surface area contributed by atoms with E-state index in [0.29, 0.717) is 0 Å². The van der Waals surface area contributed by atoms with E-state index in [2.05, 4.69) is 16.9 Å². The van der Waals surface area contributed by atoms with Crippen molar-refractivity contribution in [2.75, 3.05) is 7.05 Å². The molecule has 12 heavy (non-hydrogen) atoms. The van der Waals surface area contributed by atoms with Crippen LogP contribution in [0.15, 0.2) is 48.1 Å². The summed E-state index contributed by atoms with van der Waals surface area (Å²) >= 11 is 0. The van der Waals surface area contributed by atoms with Crippen molar-refractivity contribution in [3.05, 3.63) is 48.7 Å². The highest BCUT2D eigenvalue weighted by atomic mass is 15.0. The van der Waals surface area contributed by atoms with E-state index < -0.39 is 0 Å². The second kappa shape index (κ2) is 4.34. The molecule has 0 unspecified atom stereocenters. The fraction of sp³-hybridized carbons (Fsp3) is 0.100. The average Bonchev–Trinajstić information content (AvgIpc) is 2.15. The summed E-state index contributed by atoms with van der Waals surface area (Å²) in [6.45, 7) is 3.58. The largest absolute Gasteiger partial charge is 0.347 e. The molecule has 0 aliphatic rings. The van der Waals surface area contributed by atoms with Crippen molar-refractivity contribution in [1.29, 1.82) is 0 Å². The molecule has 0 aliphatic carbocycles. The standard InChI is InChI=1S/C10H12N2/c1-3-12-10(11-2)9-7-5-4-6-8-9/h3-8H,1H2,2H3,(H,11,12). The van der Waals surface area contributed by atoms with Gasteiger partial charge in [-0.3, -0.25) is 4.99 Å². The number of nitrogens with one attached hydrogen (secondary N) is 1. The zero-order valence-electron chi connectivity index (χ0n) is 7.12. The Balaban J connectivity index is 2.88. The van der Waals surface area contributed by atoms with Gasteiger partial charge in [0.25, 0.3) is 0 Å². The number of benzene rings is 1. The summed E-state index contributed by atoms with van der Waals surface area (Å²) in [6.07, 6.45) is 1.62. The fourth-order valence-electron chi connectivity index (χ4n) is 0.970. The van der Waals surface area contributed by atoms with Crippen LogP contribution in [-0.4, -0.2) is 12.9 Å². The number of rotatable bonds is 2. The lowest BCUT2D eigenvalue weighted by molar-refractivity contribution is 1.23. The number of aliphatic imine (C=N–C) groups is 1. The summed E-state index contributed by atoms with van der Waals surface area (Å²) in [5, 5.41) is 2.96. The van der Waals surface area contributed by atoms with Crippen molar-refractivity contribution in [2.45, 2.75) is 0 Å². The fourth-order valence-corrected chi connectivity index (χ4v) is 0.970. The van der Waals surface area contributed by atoms with E-state index in [1.807, 2.05) is 30.3 Å². The van der Waals surface area contributed by atoms with Crippen LogP contribution in [0.3, 0.4) is 0 Å². The average molecular weight is 160 g/mol. The van der Waals surface area contributed by atoms with Gasteiger partial charge in [0, 0.05) is 12.6 Å². The molecule has 2 nitrogen and oxygen atoms in total. The van der Waals surface area contributed by atoms with Gasteiger partial charge in [0.1, 0.15) is 5.84 Å². The number of amidine groups is 1. The minimum absolute atomic E-state index is 0.839. The summed E-state index contributed by atoms with van der Waals surface area (Å²) in [5.41, 5.74) is 1.07. The molecule has 0 saturated carbocycles. The van der Waals surface area contributed by atoms with Gasteiger partial charge < -0.3 is 5.32 Å². The third-order valence-corrected chi connectivity index (χ3v) is 1.51. The normalized spacial score (nSPS) is 10.9. The van der Waals surface area contributed by atoms with Crippen LogP contribution in [-0.2, 0) is 0 Å². The molecule has 0 fully saturated rings. The van der Waals surface area contributed by atoms with Gasteiger partial charge in [-0.1, -0.05) is 36.9 Å². The Labute approximate surface area is 72.6 Å². The first kappa shape index (κ1) is 8.53. The highest BCUT2D eigenvalue weighted by Gasteiger charge is 1.96. The lowest BCUT2D eigenvalue weighted by atomic mass is 10.2. The van der Waals surface area contributed by atoms with Crippen LogP contribution in [0.1, 0.15) is 5.56 Å². The molecule has 0 aliphatic heterocycles. The molecule has 0 amide bonds. The van der Waals surface area contributed by atoms with Gasteiger partial charge in [-0.05, 0) is 6.20 Å². The Kier molecular flexibility index (Phi) is 3.08. The van der Waals surface area contributed by atoms with Crippen molar-refractivity contribution in [3.63, 3.8) is 0 Å². The molecule has 0 spiro atoms. The maximum absolute atomic E-state index is 4.08. The predicted octanol–water partition coefficient (Wildman–Crippen LogP) is 1.80. The lowest BCUT2D eigenvalue weighted by Crippen LogP contribution is -2.17. The second-order valence-corrected chi connectivity index (χ2v) is 2.29. The zero-order chi connectivity index (χ0) is 8.81. The van der Waals surface area contributed by atoms with Gasteiger partial charge in [-0.25, -0.2) is 0 Å². The third kappa shape index (κ3) is 1.95. The first-order valence-corrected chi connectivity index (χ1v) is 3.78. The van der Waals surface area contributed by atoms with Gasteiger partial charge in [-0.2, -0.15) is 0 Å². The summed E-state index contributed by atoms with van der Waals surface area (Å²) in [6, 6.07) is 9.93. The molecule has 0 saturated heterocycles. The summed E-state index contributed by atoms with van der Waals surface area (Å²) in [7, 11) is 1.75.